The van der Waals surface area contributed by atoms with Gasteiger partial charge >= 0.3 is 0 Å². The highest BCUT2D eigenvalue weighted by Crippen LogP contribution is 2.37. The van der Waals surface area contributed by atoms with E-state index in [1.165, 1.54) is 6.42 Å². The van der Waals surface area contributed by atoms with Crippen LogP contribution in [0.25, 0.3) is 0 Å². The minimum absolute atomic E-state index is 0.0222. The number of rotatable bonds is 5. The van der Waals surface area contributed by atoms with Gasteiger partial charge in [-0.2, -0.15) is 0 Å². The Kier molecular flexibility index (Phi) is 4.86. The first-order valence-electron chi connectivity index (χ1n) is 7.99. The molecule has 0 radical (unpaired) electrons. The lowest BCUT2D eigenvalue weighted by atomic mass is 9.92. The number of aromatic nitrogens is 1. The molecule has 1 aliphatic carbocycles. The summed E-state index contributed by atoms with van der Waals surface area (Å²) in [6.07, 6.45) is 4.14. The van der Waals surface area contributed by atoms with E-state index < -0.39 is 0 Å². The molecule has 0 bridgehead atoms. The van der Waals surface area contributed by atoms with Gasteiger partial charge in [0, 0.05) is 23.8 Å². The van der Waals surface area contributed by atoms with E-state index in [2.05, 4.69) is 36.4 Å². The van der Waals surface area contributed by atoms with E-state index in [1.807, 2.05) is 19.1 Å². The van der Waals surface area contributed by atoms with Crippen LogP contribution in [0.4, 0.5) is 5.82 Å². The zero-order valence-corrected chi connectivity index (χ0v) is 13.6. The molecule has 4 nitrogen and oxygen atoms in total. The molecule has 0 aliphatic heterocycles. The molecule has 0 spiro atoms. The standard InChI is InChI=1S/C17H27N3O/c1-5-13-9-12(10-15(19-13)18-6-2)16(21)20-14-7-8-17(3,4)11-14/h9-10,14H,5-8,11H2,1-4H3,(H,18,19)(H,20,21). The topological polar surface area (TPSA) is 54.0 Å². The Morgan fingerprint density at radius 2 is 2.14 bits per heavy atom. The predicted octanol–water partition coefficient (Wildman–Crippen LogP) is 3.38. The summed E-state index contributed by atoms with van der Waals surface area (Å²) in [6.45, 7) is 9.42. The highest BCUT2D eigenvalue weighted by molar-refractivity contribution is 5.95. The highest BCUT2D eigenvalue weighted by atomic mass is 16.1. The summed E-state index contributed by atoms with van der Waals surface area (Å²) >= 11 is 0. The van der Waals surface area contributed by atoms with Crippen LogP contribution in [-0.4, -0.2) is 23.5 Å². The van der Waals surface area contributed by atoms with Crippen LogP contribution in [0.1, 0.15) is 63.0 Å². The lowest BCUT2D eigenvalue weighted by Crippen LogP contribution is -2.33. The Morgan fingerprint density at radius 3 is 2.71 bits per heavy atom. The lowest BCUT2D eigenvalue weighted by molar-refractivity contribution is 0.0936. The summed E-state index contributed by atoms with van der Waals surface area (Å²) in [6, 6.07) is 4.04. The van der Waals surface area contributed by atoms with Gasteiger partial charge in [0.25, 0.3) is 5.91 Å². The van der Waals surface area contributed by atoms with Gasteiger partial charge in [0.15, 0.2) is 0 Å². The van der Waals surface area contributed by atoms with Crippen molar-refractivity contribution in [2.75, 3.05) is 11.9 Å². The number of pyridine rings is 1. The maximum Gasteiger partial charge on any atom is 0.251 e. The van der Waals surface area contributed by atoms with Gasteiger partial charge in [0.05, 0.1) is 0 Å². The summed E-state index contributed by atoms with van der Waals surface area (Å²) in [5.41, 5.74) is 2.01. The second-order valence-electron chi connectivity index (χ2n) is 6.69. The highest BCUT2D eigenvalue weighted by Gasteiger charge is 2.31. The normalized spacial score (nSPS) is 20.3. The van der Waals surface area contributed by atoms with Crippen LogP contribution in [0.5, 0.6) is 0 Å². The Balaban J connectivity index is 2.09. The van der Waals surface area contributed by atoms with Gasteiger partial charge in [0.2, 0.25) is 0 Å². The molecule has 1 fully saturated rings. The number of nitrogens with zero attached hydrogens (tertiary/aromatic N) is 1. The second kappa shape index (κ2) is 6.46. The smallest absolute Gasteiger partial charge is 0.251 e. The van der Waals surface area contributed by atoms with Crippen molar-refractivity contribution in [3.8, 4) is 0 Å². The first kappa shape index (κ1) is 15.8. The van der Waals surface area contributed by atoms with Crippen molar-refractivity contribution in [3.05, 3.63) is 23.4 Å². The van der Waals surface area contributed by atoms with Crippen LogP contribution in [-0.2, 0) is 6.42 Å². The predicted molar refractivity (Wildman–Crippen MR) is 86.7 cm³/mol. The number of anilines is 1. The molecule has 4 heteroatoms. The minimum atomic E-state index is 0.0222. The van der Waals surface area contributed by atoms with Crippen LogP contribution < -0.4 is 10.6 Å². The molecule has 21 heavy (non-hydrogen) atoms. The fourth-order valence-electron chi connectivity index (χ4n) is 3.00. The van der Waals surface area contributed by atoms with Crippen LogP contribution in [0.3, 0.4) is 0 Å². The van der Waals surface area contributed by atoms with Crippen LogP contribution >= 0.6 is 0 Å². The Bertz CT molecular complexity index is 511. The van der Waals surface area contributed by atoms with Crippen molar-refractivity contribution in [2.45, 2.75) is 59.4 Å². The number of aryl methyl sites for hydroxylation is 1. The van der Waals surface area contributed by atoms with Gasteiger partial charge in [-0.25, -0.2) is 4.98 Å². The van der Waals surface area contributed by atoms with E-state index in [9.17, 15) is 4.79 Å². The molecule has 1 heterocycles. The third-order valence-corrected chi connectivity index (χ3v) is 4.16. The number of carbonyl (C=O) groups excluding carboxylic acids is 1. The molecule has 1 unspecified atom stereocenters. The van der Waals surface area contributed by atoms with E-state index in [0.717, 1.165) is 37.3 Å². The first-order valence-corrected chi connectivity index (χ1v) is 7.99. The maximum absolute atomic E-state index is 12.5. The van der Waals surface area contributed by atoms with Crippen molar-refractivity contribution >= 4 is 11.7 Å². The van der Waals surface area contributed by atoms with Gasteiger partial charge in [-0.05, 0) is 50.2 Å². The summed E-state index contributed by atoms with van der Waals surface area (Å²) < 4.78 is 0. The van der Waals surface area contributed by atoms with E-state index in [-0.39, 0.29) is 5.91 Å². The zero-order valence-electron chi connectivity index (χ0n) is 13.6. The minimum Gasteiger partial charge on any atom is -0.370 e. The second-order valence-corrected chi connectivity index (χ2v) is 6.69. The molecular weight excluding hydrogens is 262 g/mol. The van der Waals surface area contributed by atoms with Crippen molar-refractivity contribution < 1.29 is 4.79 Å². The molecule has 1 aromatic rings. The van der Waals surface area contributed by atoms with E-state index in [1.54, 1.807) is 0 Å². The molecule has 1 aromatic heterocycles. The van der Waals surface area contributed by atoms with Gasteiger partial charge in [-0.3, -0.25) is 4.79 Å². The Labute approximate surface area is 127 Å². The van der Waals surface area contributed by atoms with Crippen LogP contribution in [0, 0.1) is 5.41 Å². The fourth-order valence-corrected chi connectivity index (χ4v) is 3.00. The monoisotopic (exact) mass is 289 g/mol. The molecule has 0 aromatic carbocycles. The molecule has 1 saturated carbocycles. The number of hydrogen-bond acceptors (Lipinski definition) is 3. The van der Waals surface area contributed by atoms with Crippen LogP contribution in [0.15, 0.2) is 12.1 Å². The average molecular weight is 289 g/mol. The summed E-state index contributed by atoms with van der Waals surface area (Å²) in [5.74, 6) is 0.808. The molecule has 1 atom stereocenters. The first-order chi connectivity index (χ1) is 9.93. The lowest BCUT2D eigenvalue weighted by Gasteiger charge is -2.18. The zero-order chi connectivity index (χ0) is 15.5. The number of carbonyl (C=O) groups is 1. The van der Waals surface area contributed by atoms with E-state index in [4.69, 9.17) is 0 Å². The number of amides is 1. The fraction of sp³-hybridized carbons (Fsp3) is 0.647. The molecule has 0 saturated heterocycles. The quantitative estimate of drug-likeness (QED) is 0.873. The van der Waals surface area contributed by atoms with Gasteiger partial charge in [-0.15, -0.1) is 0 Å². The molecule has 1 amide bonds. The van der Waals surface area contributed by atoms with E-state index in [0.29, 0.717) is 17.0 Å². The van der Waals surface area contributed by atoms with Gasteiger partial charge in [0.1, 0.15) is 5.82 Å². The largest absolute Gasteiger partial charge is 0.370 e. The van der Waals surface area contributed by atoms with Gasteiger partial charge in [-0.1, -0.05) is 20.8 Å². The third kappa shape index (κ3) is 4.19. The summed E-state index contributed by atoms with van der Waals surface area (Å²) in [5, 5.41) is 6.37. The third-order valence-electron chi connectivity index (χ3n) is 4.16. The Morgan fingerprint density at radius 1 is 1.38 bits per heavy atom. The van der Waals surface area contributed by atoms with E-state index >= 15 is 0 Å². The average Bonchev–Trinajstić information content (AvgIpc) is 2.77. The van der Waals surface area contributed by atoms with Gasteiger partial charge < -0.3 is 10.6 Å². The number of hydrogen-bond donors (Lipinski definition) is 2. The number of nitrogens with one attached hydrogen (secondary N) is 2. The van der Waals surface area contributed by atoms with Crippen molar-refractivity contribution in [1.82, 2.24) is 10.3 Å². The molecule has 116 valence electrons. The summed E-state index contributed by atoms with van der Waals surface area (Å²) in [4.78, 5) is 17.0. The SMILES string of the molecule is CCNc1cc(C(=O)NC2CCC(C)(C)C2)cc(CC)n1. The molecular formula is C17H27N3O. The molecule has 2 N–H and O–H groups in total. The molecule has 2 rings (SSSR count). The molecule has 1 aliphatic rings. The van der Waals surface area contributed by atoms with Crippen molar-refractivity contribution in [1.29, 1.82) is 0 Å². The Hall–Kier alpha value is -1.58. The maximum atomic E-state index is 12.5. The van der Waals surface area contributed by atoms with Crippen LogP contribution in [0.2, 0.25) is 0 Å². The summed E-state index contributed by atoms with van der Waals surface area (Å²) in [7, 11) is 0. The van der Waals surface area contributed by atoms with Crippen molar-refractivity contribution in [3.63, 3.8) is 0 Å². The van der Waals surface area contributed by atoms with Crippen molar-refractivity contribution in [2.24, 2.45) is 5.41 Å².